The van der Waals surface area contributed by atoms with Crippen molar-refractivity contribution in [3.8, 4) is 0 Å². The summed E-state index contributed by atoms with van der Waals surface area (Å²) in [6.45, 7) is 2.56. The molecule has 0 spiro atoms. The van der Waals surface area contributed by atoms with Crippen LogP contribution in [0.25, 0.3) is 0 Å². The van der Waals surface area contributed by atoms with E-state index >= 15 is 0 Å². The van der Waals surface area contributed by atoms with E-state index in [4.69, 9.17) is 9.47 Å². The lowest BCUT2D eigenvalue weighted by Gasteiger charge is -2.13. The molecule has 0 radical (unpaired) electrons. The van der Waals surface area contributed by atoms with Crippen LogP contribution in [0.1, 0.15) is 37.3 Å². The molecular weight excluding hydrogens is 240 g/mol. The van der Waals surface area contributed by atoms with E-state index in [9.17, 15) is 4.79 Å². The molecule has 0 fully saturated rings. The molecule has 1 aliphatic heterocycles. The van der Waals surface area contributed by atoms with Gasteiger partial charge in [-0.3, -0.25) is 0 Å². The van der Waals surface area contributed by atoms with Gasteiger partial charge >= 0.3 is 6.16 Å². The first-order chi connectivity index (χ1) is 9.28. The van der Waals surface area contributed by atoms with Crippen molar-refractivity contribution in [2.24, 2.45) is 0 Å². The summed E-state index contributed by atoms with van der Waals surface area (Å²) in [4.78, 5) is 10.7. The summed E-state index contributed by atoms with van der Waals surface area (Å²) in [6.07, 6.45) is 6.35. The number of carbonyl (C=O) groups is 1. The molecule has 2 rings (SSSR count). The summed E-state index contributed by atoms with van der Waals surface area (Å²) < 4.78 is 9.53. The Hall–Kier alpha value is -1.77. The molecule has 0 aliphatic carbocycles. The van der Waals surface area contributed by atoms with Crippen LogP contribution in [0.5, 0.6) is 0 Å². The van der Waals surface area contributed by atoms with Gasteiger partial charge in [0.05, 0.1) is 0 Å². The zero-order chi connectivity index (χ0) is 13.5. The molecule has 1 aliphatic rings. The quantitative estimate of drug-likeness (QED) is 0.725. The van der Waals surface area contributed by atoms with Gasteiger partial charge in [0.2, 0.25) is 0 Å². The van der Waals surface area contributed by atoms with Crippen molar-refractivity contribution >= 4 is 6.16 Å². The van der Waals surface area contributed by atoms with Crippen molar-refractivity contribution in [2.75, 3.05) is 6.61 Å². The molecular formula is C16H20O3. The summed E-state index contributed by atoms with van der Waals surface area (Å²) >= 11 is 0. The Morgan fingerprint density at radius 1 is 1.05 bits per heavy atom. The highest BCUT2D eigenvalue weighted by atomic mass is 16.7. The second-order valence-electron chi connectivity index (χ2n) is 4.85. The van der Waals surface area contributed by atoms with E-state index in [2.05, 4.69) is 31.2 Å². The smallest absolute Gasteiger partial charge is 0.429 e. The summed E-state index contributed by atoms with van der Waals surface area (Å²) in [5.74, 6) is 0. The Bertz CT molecular complexity index is 446. The van der Waals surface area contributed by atoms with Gasteiger partial charge in [-0.1, -0.05) is 37.6 Å². The number of aryl methyl sites for hydroxylation is 2. The van der Waals surface area contributed by atoms with E-state index in [1.807, 2.05) is 0 Å². The molecule has 19 heavy (non-hydrogen) atoms. The first-order valence-electron chi connectivity index (χ1n) is 6.87. The molecule has 0 amide bonds. The van der Waals surface area contributed by atoms with Crippen LogP contribution in [-0.4, -0.2) is 12.8 Å². The number of benzene rings is 1. The highest BCUT2D eigenvalue weighted by molar-refractivity contribution is 5.62. The van der Waals surface area contributed by atoms with Crippen molar-refractivity contribution in [1.29, 1.82) is 0 Å². The molecule has 0 unspecified atom stereocenters. The third-order valence-electron chi connectivity index (χ3n) is 3.27. The van der Waals surface area contributed by atoms with Crippen LogP contribution in [0, 0.1) is 0 Å². The minimum absolute atomic E-state index is 0.355. The average Bonchev–Trinajstić information content (AvgIpc) is 2.46. The van der Waals surface area contributed by atoms with Crippen molar-refractivity contribution in [3.63, 3.8) is 0 Å². The van der Waals surface area contributed by atoms with Crippen LogP contribution in [-0.2, 0) is 22.3 Å². The molecule has 0 saturated heterocycles. The Morgan fingerprint density at radius 3 is 2.32 bits per heavy atom. The molecule has 1 aromatic rings. The molecule has 0 N–H and O–H groups in total. The summed E-state index contributed by atoms with van der Waals surface area (Å²) in [5.41, 5.74) is 3.73. The SMILES string of the molecule is CCCCc1ccc(CCC2=COC(=O)OC2)cc1. The number of hydrogen-bond acceptors (Lipinski definition) is 3. The van der Waals surface area contributed by atoms with Crippen molar-refractivity contribution in [1.82, 2.24) is 0 Å². The van der Waals surface area contributed by atoms with Gasteiger partial charge < -0.3 is 9.47 Å². The molecule has 0 atom stereocenters. The van der Waals surface area contributed by atoms with Crippen molar-refractivity contribution < 1.29 is 14.3 Å². The number of hydrogen-bond donors (Lipinski definition) is 0. The lowest BCUT2D eigenvalue weighted by Crippen LogP contribution is -2.13. The van der Waals surface area contributed by atoms with Crippen LogP contribution >= 0.6 is 0 Å². The summed E-state index contributed by atoms with van der Waals surface area (Å²) in [7, 11) is 0. The Kier molecular flexibility index (Phi) is 5.01. The highest BCUT2D eigenvalue weighted by Gasteiger charge is 2.12. The Morgan fingerprint density at radius 2 is 1.74 bits per heavy atom. The first kappa shape index (κ1) is 13.7. The summed E-state index contributed by atoms with van der Waals surface area (Å²) in [6, 6.07) is 8.77. The van der Waals surface area contributed by atoms with Crippen molar-refractivity contribution in [3.05, 3.63) is 47.2 Å². The molecule has 0 bridgehead atoms. The van der Waals surface area contributed by atoms with E-state index in [-0.39, 0.29) is 0 Å². The maximum atomic E-state index is 10.7. The van der Waals surface area contributed by atoms with Gasteiger partial charge in [-0.15, -0.1) is 0 Å². The first-order valence-corrected chi connectivity index (χ1v) is 6.87. The van der Waals surface area contributed by atoms with Crippen LogP contribution in [0.15, 0.2) is 36.1 Å². The fraction of sp³-hybridized carbons (Fsp3) is 0.438. The lowest BCUT2D eigenvalue weighted by molar-refractivity contribution is 0.0779. The van der Waals surface area contributed by atoms with Gasteiger partial charge in [0, 0.05) is 5.57 Å². The number of carbonyl (C=O) groups excluding carboxylic acids is 1. The van der Waals surface area contributed by atoms with E-state index in [1.165, 1.54) is 30.2 Å². The zero-order valence-electron chi connectivity index (χ0n) is 11.4. The fourth-order valence-electron chi connectivity index (χ4n) is 2.04. The number of ether oxygens (including phenoxy) is 2. The highest BCUT2D eigenvalue weighted by Crippen LogP contribution is 2.15. The molecule has 3 nitrogen and oxygen atoms in total. The Labute approximate surface area is 114 Å². The fourth-order valence-corrected chi connectivity index (χ4v) is 2.04. The Balaban J connectivity index is 1.81. The van der Waals surface area contributed by atoms with E-state index in [0.29, 0.717) is 6.61 Å². The van der Waals surface area contributed by atoms with E-state index in [1.54, 1.807) is 0 Å². The minimum atomic E-state index is -0.607. The van der Waals surface area contributed by atoms with Crippen LogP contribution in [0.3, 0.4) is 0 Å². The maximum Gasteiger partial charge on any atom is 0.513 e. The minimum Gasteiger partial charge on any atom is -0.429 e. The van der Waals surface area contributed by atoms with Crippen LogP contribution in [0.4, 0.5) is 4.79 Å². The maximum absolute atomic E-state index is 10.7. The van der Waals surface area contributed by atoms with Crippen LogP contribution in [0.2, 0.25) is 0 Å². The second kappa shape index (κ2) is 6.98. The van der Waals surface area contributed by atoms with Gasteiger partial charge in [-0.25, -0.2) is 4.79 Å². The number of unbranched alkanes of at least 4 members (excludes halogenated alkanes) is 1. The normalized spacial score (nSPS) is 14.6. The zero-order valence-corrected chi connectivity index (χ0v) is 11.4. The van der Waals surface area contributed by atoms with E-state index in [0.717, 1.165) is 24.8 Å². The molecule has 0 aromatic heterocycles. The van der Waals surface area contributed by atoms with Gasteiger partial charge in [0.25, 0.3) is 0 Å². The van der Waals surface area contributed by atoms with Gasteiger partial charge in [-0.2, -0.15) is 0 Å². The molecule has 1 heterocycles. The summed E-state index contributed by atoms with van der Waals surface area (Å²) in [5, 5.41) is 0. The molecule has 3 heteroatoms. The van der Waals surface area contributed by atoms with Crippen LogP contribution < -0.4 is 0 Å². The van der Waals surface area contributed by atoms with Gasteiger partial charge in [0.1, 0.15) is 12.9 Å². The topological polar surface area (TPSA) is 35.5 Å². The van der Waals surface area contributed by atoms with Gasteiger partial charge in [-0.05, 0) is 36.8 Å². The number of cyclic esters (lactones) is 2. The standard InChI is InChI=1S/C16H20O3/c1-2-3-4-13-5-7-14(8-6-13)9-10-15-11-18-16(17)19-12-15/h5-8,11H,2-4,9-10,12H2,1H3. The molecule has 0 saturated carbocycles. The van der Waals surface area contributed by atoms with E-state index < -0.39 is 6.16 Å². The third kappa shape index (κ3) is 4.43. The van der Waals surface area contributed by atoms with Crippen molar-refractivity contribution in [2.45, 2.75) is 39.0 Å². The lowest BCUT2D eigenvalue weighted by atomic mass is 10.0. The second-order valence-corrected chi connectivity index (χ2v) is 4.85. The van der Waals surface area contributed by atoms with Gasteiger partial charge in [0.15, 0.2) is 0 Å². The molecule has 1 aromatic carbocycles. The average molecular weight is 260 g/mol. The monoisotopic (exact) mass is 260 g/mol. The number of rotatable bonds is 6. The predicted octanol–water partition coefficient (Wildman–Crippen LogP) is 4.01. The predicted molar refractivity (Wildman–Crippen MR) is 73.9 cm³/mol. The largest absolute Gasteiger partial charge is 0.513 e. The third-order valence-corrected chi connectivity index (χ3v) is 3.27. The molecule has 102 valence electrons.